The van der Waals surface area contributed by atoms with Gasteiger partial charge in [0.1, 0.15) is 16.6 Å². The number of hydrogen-bond acceptors (Lipinski definition) is 5. The second-order valence-corrected chi connectivity index (χ2v) is 8.98. The average Bonchev–Trinajstić information content (AvgIpc) is 3.38. The minimum atomic E-state index is -0.516. The van der Waals surface area contributed by atoms with Gasteiger partial charge < -0.3 is 4.42 Å². The summed E-state index contributed by atoms with van der Waals surface area (Å²) in [7, 11) is 0. The zero-order valence-corrected chi connectivity index (χ0v) is 18.9. The van der Waals surface area contributed by atoms with Crippen molar-refractivity contribution in [2.75, 3.05) is 0 Å². The van der Waals surface area contributed by atoms with Crippen LogP contribution >= 0.6 is 35.0 Å². The molecule has 0 bridgehead atoms. The lowest BCUT2D eigenvalue weighted by molar-refractivity contribution is -0.114. The molecule has 32 heavy (non-hydrogen) atoms. The number of furan rings is 1. The summed E-state index contributed by atoms with van der Waals surface area (Å²) in [6.45, 7) is 2.01. The number of carbonyl (C=O) groups excluding carboxylic acids is 1. The van der Waals surface area contributed by atoms with Gasteiger partial charge in [-0.25, -0.2) is 0 Å². The van der Waals surface area contributed by atoms with Crippen LogP contribution in [0.25, 0.3) is 17.4 Å². The highest BCUT2D eigenvalue weighted by Gasteiger charge is 2.36. The van der Waals surface area contributed by atoms with Crippen molar-refractivity contribution in [3.05, 3.63) is 87.1 Å². The monoisotopic (exact) mass is 480 g/mol. The SMILES string of the molecule is Cc1ccc(C2=NN3C(=N)/C(=C\c4ccc(-c5cc(Cl)cc(Cl)c5)o4)C(=O)N=C3S2)cc1. The van der Waals surface area contributed by atoms with Crippen molar-refractivity contribution in [1.82, 2.24) is 5.01 Å². The number of amidine groups is 2. The van der Waals surface area contributed by atoms with E-state index in [9.17, 15) is 4.79 Å². The zero-order chi connectivity index (χ0) is 22.4. The van der Waals surface area contributed by atoms with E-state index in [-0.39, 0.29) is 11.4 Å². The van der Waals surface area contributed by atoms with E-state index in [0.717, 1.165) is 11.1 Å². The molecular weight excluding hydrogens is 467 g/mol. The van der Waals surface area contributed by atoms with Crippen LogP contribution < -0.4 is 0 Å². The van der Waals surface area contributed by atoms with Crippen LogP contribution in [0.3, 0.4) is 0 Å². The molecule has 0 saturated carbocycles. The van der Waals surface area contributed by atoms with Crippen molar-refractivity contribution in [3.63, 3.8) is 0 Å². The van der Waals surface area contributed by atoms with Crippen LogP contribution in [0.1, 0.15) is 16.9 Å². The first-order valence-electron chi connectivity index (χ1n) is 9.51. The third kappa shape index (κ3) is 3.90. The Labute approximate surface area is 197 Å². The topological polar surface area (TPSA) is 82.0 Å². The summed E-state index contributed by atoms with van der Waals surface area (Å²) in [6.07, 6.45) is 1.49. The lowest BCUT2D eigenvalue weighted by Crippen LogP contribution is -2.35. The van der Waals surface area contributed by atoms with E-state index in [0.29, 0.717) is 37.3 Å². The summed E-state index contributed by atoms with van der Waals surface area (Å²) >= 11 is 13.4. The average molecular weight is 481 g/mol. The van der Waals surface area contributed by atoms with E-state index < -0.39 is 5.91 Å². The molecule has 158 valence electrons. The molecule has 0 spiro atoms. The molecule has 2 aliphatic rings. The van der Waals surface area contributed by atoms with Gasteiger partial charge in [-0.05, 0) is 55.1 Å². The Hall–Kier alpha value is -3.13. The van der Waals surface area contributed by atoms with Gasteiger partial charge in [-0.1, -0.05) is 53.0 Å². The number of aryl methyl sites for hydroxylation is 1. The summed E-state index contributed by atoms with van der Waals surface area (Å²) in [5.41, 5.74) is 2.84. The van der Waals surface area contributed by atoms with Gasteiger partial charge >= 0.3 is 0 Å². The Bertz CT molecular complexity index is 1350. The molecule has 0 atom stereocenters. The Kier molecular flexibility index (Phi) is 5.25. The van der Waals surface area contributed by atoms with Crippen LogP contribution in [-0.2, 0) is 4.79 Å². The predicted molar refractivity (Wildman–Crippen MR) is 129 cm³/mol. The van der Waals surface area contributed by atoms with Crippen molar-refractivity contribution >= 4 is 63.0 Å². The third-order valence-corrected chi connectivity index (χ3v) is 6.21. The Balaban J connectivity index is 1.44. The smallest absolute Gasteiger partial charge is 0.283 e. The molecule has 0 unspecified atom stereocenters. The minimum Gasteiger partial charge on any atom is -0.457 e. The molecule has 2 aliphatic heterocycles. The largest absolute Gasteiger partial charge is 0.457 e. The molecule has 6 nitrogen and oxygen atoms in total. The van der Waals surface area contributed by atoms with Crippen LogP contribution in [0, 0.1) is 12.3 Å². The van der Waals surface area contributed by atoms with E-state index in [1.165, 1.54) is 22.8 Å². The molecule has 0 saturated heterocycles. The first kappa shape index (κ1) is 20.8. The molecular formula is C23H14Cl2N4O2S. The first-order valence-corrected chi connectivity index (χ1v) is 11.1. The molecule has 1 amide bonds. The summed E-state index contributed by atoms with van der Waals surface area (Å²) < 4.78 is 5.84. The second-order valence-electron chi connectivity index (χ2n) is 7.15. The van der Waals surface area contributed by atoms with E-state index >= 15 is 0 Å². The summed E-state index contributed by atoms with van der Waals surface area (Å²) in [4.78, 5) is 16.8. The van der Waals surface area contributed by atoms with E-state index in [1.54, 1.807) is 30.3 Å². The fourth-order valence-corrected chi connectivity index (χ4v) is 4.65. The maximum absolute atomic E-state index is 12.6. The molecule has 5 rings (SSSR count). The zero-order valence-electron chi connectivity index (χ0n) is 16.6. The highest BCUT2D eigenvalue weighted by molar-refractivity contribution is 8.27. The van der Waals surface area contributed by atoms with Gasteiger partial charge in [0.25, 0.3) is 5.91 Å². The molecule has 9 heteroatoms. The number of halogens is 2. The van der Waals surface area contributed by atoms with Gasteiger partial charge in [0.05, 0.1) is 5.57 Å². The molecule has 3 aromatic rings. The van der Waals surface area contributed by atoms with Gasteiger partial charge in [-0.15, -0.1) is 0 Å². The number of rotatable bonds is 3. The van der Waals surface area contributed by atoms with Crippen LogP contribution in [0.15, 0.2) is 74.7 Å². The van der Waals surface area contributed by atoms with Gasteiger partial charge in [0.15, 0.2) is 5.84 Å². The first-order chi connectivity index (χ1) is 15.4. The number of nitrogens with one attached hydrogen (secondary N) is 1. The van der Waals surface area contributed by atoms with Gasteiger partial charge in [-0.2, -0.15) is 15.1 Å². The molecule has 3 heterocycles. The molecule has 2 aromatic carbocycles. The number of hydrazone groups is 1. The number of aliphatic imine (C=N–C) groups is 1. The third-order valence-electron chi connectivity index (χ3n) is 4.81. The standard InChI is InChI=1S/C23H14Cl2N4O2S/c1-12-2-4-13(5-3-12)22-28-29-20(26)18(21(30)27-23(29)32-22)11-17-6-7-19(31-17)14-8-15(24)10-16(25)9-14/h2-11,26H,1H3/b18-11+,26-20?. The van der Waals surface area contributed by atoms with Gasteiger partial charge in [-0.3, -0.25) is 10.2 Å². The Morgan fingerprint density at radius 1 is 1.03 bits per heavy atom. The summed E-state index contributed by atoms with van der Waals surface area (Å²) in [5, 5.41) is 16.4. The maximum atomic E-state index is 12.6. The van der Waals surface area contributed by atoms with Crippen molar-refractivity contribution in [2.45, 2.75) is 6.92 Å². The molecule has 0 fully saturated rings. The van der Waals surface area contributed by atoms with Crippen molar-refractivity contribution < 1.29 is 9.21 Å². The Morgan fingerprint density at radius 3 is 2.47 bits per heavy atom. The Morgan fingerprint density at radius 2 is 1.75 bits per heavy atom. The van der Waals surface area contributed by atoms with Crippen molar-refractivity contribution in [2.24, 2.45) is 10.1 Å². The van der Waals surface area contributed by atoms with Crippen LogP contribution in [-0.4, -0.2) is 27.0 Å². The summed E-state index contributed by atoms with van der Waals surface area (Å²) in [6, 6.07) is 16.4. The lowest BCUT2D eigenvalue weighted by atomic mass is 10.1. The van der Waals surface area contributed by atoms with Crippen LogP contribution in [0.4, 0.5) is 0 Å². The van der Waals surface area contributed by atoms with Gasteiger partial charge in [0.2, 0.25) is 5.17 Å². The molecule has 1 aromatic heterocycles. The number of nitrogens with zero attached hydrogens (tertiary/aromatic N) is 3. The van der Waals surface area contributed by atoms with Crippen molar-refractivity contribution in [1.29, 1.82) is 5.41 Å². The maximum Gasteiger partial charge on any atom is 0.283 e. The van der Waals surface area contributed by atoms with Crippen molar-refractivity contribution in [3.8, 4) is 11.3 Å². The van der Waals surface area contributed by atoms with Crippen LogP contribution in [0.2, 0.25) is 10.0 Å². The normalized spacial score (nSPS) is 17.0. The lowest BCUT2D eigenvalue weighted by Gasteiger charge is -2.19. The highest BCUT2D eigenvalue weighted by Crippen LogP contribution is 2.32. The predicted octanol–water partition coefficient (Wildman–Crippen LogP) is 6.23. The summed E-state index contributed by atoms with van der Waals surface area (Å²) in [5.74, 6) is 0.366. The number of amides is 1. The minimum absolute atomic E-state index is 0.0571. The number of carbonyl (C=O) groups is 1. The fourth-order valence-electron chi connectivity index (χ4n) is 3.23. The molecule has 1 N–H and O–H groups in total. The molecule has 0 aliphatic carbocycles. The number of hydrogen-bond donors (Lipinski definition) is 1. The second kappa shape index (κ2) is 8.09. The van der Waals surface area contributed by atoms with E-state index in [1.807, 2.05) is 31.2 Å². The fraction of sp³-hybridized carbons (Fsp3) is 0.0435. The number of thioether (sulfide) groups is 1. The highest BCUT2D eigenvalue weighted by atomic mass is 35.5. The van der Waals surface area contributed by atoms with Crippen LogP contribution in [0.5, 0.6) is 0 Å². The van der Waals surface area contributed by atoms with E-state index in [4.69, 9.17) is 33.0 Å². The quantitative estimate of drug-likeness (QED) is 0.450. The number of benzene rings is 2. The number of fused-ring (bicyclic) bond motifs is 1. The molecule has 0 radical (unpaired) electrons. The van der Waals surface area contributed by atoms with E-state index in [2.05, 4.69) is 10.1 Å². The van der Waals surface area contributed by atoms with Gasteiger partial charge in [0, 0.05) is 21.2 Å².